The van der Waals surface area contributed by atoms with Crippen LogP contribution >= 0.6 is 0 Å². The summed E-state index contributed by atoms with van der Waals surface area (Å²) in [6, 6.07) is 16.4. The number of fused-ring (bicyclic) bond motifs is 2. The molecule has 4 heterocycles. The largest absolute Gasteiger partial charge is 0.463 e. The first-order chi connectivity index (χ1) is 23.4. The number of aliphatic hydroxyl groups is 1. The Bertz CT molecular complexity index is 1530. The molecule has 2 fully saturated rings. The zero-order valence-corrected chi connectivity index (χ0v) is 27.4. The van der Waals surface area contributed by atoms with Crippen LogP contribution in [0.1, 0.15) is 56.2 Å². The molecule has 1 spiro atoms. The van der Waals surface area contributed by atoms with E-state index in [0.717, 1.165) is 30.4 Å². The molecule has 7 atom stereocenters. The Morgan fingerprint density at radius 2 is 1.73 bits per heavy atom. The van der Waals surface area contributed by atoms with E-state index in [-0.39, 0.29) is 31.5 Å². The molecular formula is C38H45N3O7. The van der Waals surface area contributed by atoms with Crippen molar-refractivity contribution in [2.45, 2.75) is 75.3 Å². The van der Waals surface area contributed by atoms with Crippen molar-refractivity contribution in [2.24, 2.45) is 11.8 Å². The topological polar surface area (TPSA) is 125 Å². The van der Waals surface area contributed by atoms with Gasteiger partial charge in [0.1, 0.15) is 18.2 Å². The summed E-state index contributed by atoms with van der Waals surface area (Å²) in [5, 5.41) is 13.8. The van der Waals surface area contributed by atoms with Crippen LogP contribution in [0.5, 0.6) is 0 Å². The van der Waals surface area contributed by atoms with Gasteiger partial charge in [-0.3, -0.25) is 19.2 Å². The van der Waals surface area contributed by atoms with Gasteiger partial charge >= 0.3 is 5.97 Å². The van der Waals surface area contributed by atoms with Crippen LogP contribution in [0.2, 0.25) is 0 Å². The Labute approximate surface area is 281 Å². The van der Waals surface area contributed by atoms with E-state index >= 15 is 0 Å². The standard InChI is InChI=1S/C38H45N3O7/c1-2-3-12-21-40-22-13-20-38-33(36(45)41(34(38)37(40)46)28(24-42)23-26-14-6-4-7-15-26)32-30(48-38)18-10-11-19-31(43)47-25-29(39-35(32)44)27-16-8-5-9-17-27/h4-10,13-18,20,28-30,32-34,42H,2-3,11-12,19,21-25H2,1H3,(H,39,44)/b18-10-/t28-,29-,30+,32-,33-,34+,38-/m1/s1. The number of cyclic esters (lactones) is 1. The SMILES string of the molecule is CCCCCN1CC=C[C@@]23O[C@H]4/C=C\CCC(=O)OC[C@H](c5ccccc5)NC(=O)[C@H]4[C@@H]2C(=O)N([C@@H](CO)Cc2ccccc2)[C@H]3C1=O. The fraction of sp³-hybridized carbons (Fsp3) is 0.474. The van der Waals surface area contributed by atoms with E-state index in [1.807, 2.05) is 72.8 Å². The van der Waals surface area contributed by atoms with Crippen molar-refractivity contribution in [1.29, 1.82) is 0 Å². The number of ether oxygens (including phenoxy) is 2. The van der Waals surface area contributed by atoms with Crippen molar-refractivity contribution in [3.05, 3.63) is 96.1 Å². The Morgan fingerprint density at radius 1 is 0.979 bits per heavy atom. The van der Waals surface area contributed by atoms with Crippen LogP contribution in [-0.2, 0) is 35.1 Å². The molecule has 10 nitrogen and oxygen atoms in total. The number of carbonyl (C=O) groups is 4. The summed E-state index contributed by atoms with van der Waals surface area (Å²) in [7, 11) is 0. The van der Waals surface area contributed by atoms with Crippen molar-refractivity contribution < 1.29 is 33.8 Å². The van der Waals surface area contributed by atoms with Gasteiger partial charge in [-0.2, -0.15) is 0 Å². The zero-order chi connectivity index (χ0) is 33.7. The second kappa shape index (κ2) is 14.9. The van der Waals surface area contributed by atoms with E-state index in [0.29, 0.717) is 25.9 Å². The molecule has 0 aliphatic carbocycles. The molecule has 0 radical (unpaired) electrons. The molecule has 2 aromatic rings. The molecule has 0 aromatic heterocycles. The number of carbonyl (C=O) groups excluding carboxylic acids is 4. The summed E-state index contributed by atoms with van der Waals surface area (Å²) in [5.74, 6) is -3.47. The fourth-order valence-electron chi connectivity index (χ4n) is 7.71. The maximum absolute atomic E-state index is 14.9. The highest BCUT2D eigenvalue weighted by atomic mass is 16.5. The average Bonchev–Trinajstić information content (AvgIpc) is 3.50. The molecule has 254 valence electrons. The number of amides is 3. The number of rotatable bonds is 9. The van der Waals surface area contributed by atoms with E-state index in [2.05, 4.69) is 12.2 Å². The lowest BCUT2D eigenvalue weighted by Crippen LogP contribution is -2.58. The van der Waals surface area contributed by atoms with E-state index in [1.165, 1.54) is 4.90 Å². The minimum Gasteiger partial charge on any atom is -0.463 e. The Hall–Kier alpha value is -4.28. The molecule has 4 aliphatic rings. The predicted octanol–water partition coefficient (Wildman–Crippen LogP) is 3.51. The monoisotopic (exact) mass is 655 g/mol. The van der Waals surface area contributed by atoms with Crippen LogP contribution < -0.4 is 5.32 Å². The van der Waals surface area contributed by atoms with Gasteiger partial charge < -0.3 is 29.7 Å². The summed E-state index contributed by atoms with van der Waals surface area (Å²) >= 11 is 0. The summed E-state index contributed by atoms with van der Waals surface area (Å²) in [5.41, 5.74) is 0.227. The third-order valence-electron chi connectivity index (χ3n) is 10.0. The van der Waals surface area contributed by atoms with E-state index in [1.54, 1.807) is 17.1 Å². The molecule has 48 heavy (non-hydrogen) atoms. The van der Waals surface area contributed by atoms with Gasteiger partial charge in [0, 0.05) is 19.5 Å². The van der Waals surface area contributed by atoms with Gasteiger partial charge in [-0.1, -0.05) is 105 Å². The number of hydrogen-bond donors (Lipinski definition) is 2. The fourth-order valence-corrected chi connectivity index (χ4v) is 7.71. The van der Waals surface area contributed by atoms with Crippen LogP contribution in [0.15, 0.2) is 85.0 Å². The van der Waals surface area contributed by atoms with Gasteiger partial charge in [0.15, 0.2) is 0 Å². The highest BCUT2D eigenvalue weighted by Gasteiger charge is 2.72. The van der Waals surface area contributed by atoms with Gasteiger partial charge in [-0.05, 0) is 30.4 Å². The van der Waals surface area contributed by atoms with Crippen molar-refractivity contribution in [3.8, 4) is 0 Å². The Kier molecular flexibility index (Phi) is 10.4. The van der Waals surface area contributed by atoms with E-state index in [9.17, 15) is 24.3 Å². The minimum absolute atomic E-state index is 0.0657. The third-order valence-corrected chi connectivity index (χ3v) is 10.0. The molecular weight excluding hydrogens is 610 g/mol. The minimum atomic E-state index is -1.44. The number of allylic oxidation sites excluding steroid dienone is 1. The predicted molar refractivity (Wildman–Crippen MR) is 178 cm³/mol. The van der Waals surface area contributed by atoms with Gasteiger partial charge in [0.2, 0.25) is 17.7 Å². The molecule has 2 saturated heterocycles. The number of hydrogen-bond acceptors (Lipinski definition) is 7. The number of nitrogens with one attached hydrogen (secondary N) is 1. The van der Waals surface area contributed by atoms with Gasteiger partial charge in [0.25, 0.3) is 0 Å². The third kappa shape index (κ3) is 6.56. The molecule has 3 amide bonds. The first kappa shape index (κ1) is 33.6. The highest BCUT2D eigenvalue weighted by molar-refractivity contribution is 6.00. The first-order valence-electron chi connectivity index (χ1n) is 17.2. The highest BCUT2D eigenvalue weighted by Crippen LogP contribution is 2.53. The lowest BCUT2D eigenvalue weighted by atomic mass is 9.77. The summed E-state index contributed by atoms with van der Waals surface area (Å²) in [6.45, 7) is 2.55. The zero-order valence-electron chi connectivity index (χ0n) is 27.4. The molecule has 2 aromatic carbocycles. The lowest BCUT2D eigenvalue weighted by molar-refractivity contribution is -0.151. The van der Waals surface area contributed by atoms with Crippen LogP contribution in [0.25, 0.3) is 0 Å². The van der Waals surface area contributed by atoms with Crippen LogP contribution in [-0.4, -0.2) is 88.7 Å². The number of benzene rings is 2. The van der Waals surface area contributed by atoms with Crippen molar-refractivity contribution >= 4 is 23.7 Å². The molecule has 0 saturated carbocycles. The van der Waals surface area contributed by atoms with Gasteiger partial charge in [-0.25, -0.2) is 0 Å². The van der Waals surface area contributed by atoms with Crippen LogP contribution in [0.4, 0.5) is 0 Å². The number of unbranched alkanes of at least 4 members (excludes halogenated alkanes) is 2. The number of likely N-dealkylation sites (tertiary alicyclic amines) is 1. The van der Waals surface area contributed by atoms with Crippen molar-refractivity contribution in [3.63, 3.8) is 0 Å². The summed E-state index contributed by atoms with van der Waals surface area (Å²) in [6.07, 6.45) is 10.0. The average molecular weight is 656 g/mol. The maximum atomic E-state index is 14.9. The maximum Gasteiger partial charge on any atom is 0.306 e. The number of nitrogens with zero attached hydrogens (tertiary/aromatic N) is 2. The molecule has 4 aliphatic heterocycles. The second-order valence-electron chi connectivity index (χ2n) is 13.1. The van der Waals surface area contributed by atoms with Crippen molar-refractivity contribution in [2.75, 3.05) is 26.3 Å². The molecule has 10 heteroatoms. The molecule has 0 unspecified atom stereocenters. The van der Waals surface area contributed by atoms with Crippen molar-refractivity contribution in [1.82, 2.24) is 15.1 Å². The molecule has 6 rings (SSSR count). The number of esters is 1. The Balaban J connectivity index is 1.42. The molecule has 2 N–H and O–H groups in total. The normalized spacial score (nSPS) is 30.2. The van der Waals surface area contributed by atoms with Crippen LogP contribution in [0.3, 0.4) is 0 Å². The quantitative estimate of drug-likeness (QED) is 0.241. The lowest BCUT2D eigenvalue weighted by Gasteiger charge is -2.38. The summed E-state index contributed by atoms with van der Waals surface area (Å²) in [4.78, 5) is 59.8. The first-order valence-corrected chi connectivity index (χ1v) is 17.2. The van der Waals surface area contributed by atoms with E-state index in [4.69, 9.17) is 9.47 Å². The van der Waals surface area contributed by atoms with Gasteiger partial charge in [-0.15, -0.1) is 0 Å². The second-order valence-corrected chi connectivity index (χ2v) is 13.1. The Morgan fingerprint density at radius 3 is 2.46 bits per heavy atom. The van der Waals surface area contributed by atoms with Gasteiger partial charge in [0.05, 0.1) is 36.6 Å². The summed E-state index contributed by atoms with van der Waals surface area (Å²) < 4.78 is 12.4. The smallest absolute Gasteiger partial charge is 0.306 e. The molecule has 0 bridgehead atoms. The van der Waals surface area contributed by atoms with Crippen LogP contribution in [0, 0.1) is 11.8 Å². The van der Waals surface area contributed by atoms with E-state index < -0.39 is 53.5 Å². The number of aliphatic hydroxyl groups excluding tert-OH is 1.